The lowest BCUT2D eigenvalue weighted by molar-refractivity contribution is -0.183. The van der Waals surface area contributed by atoms with Crippen molar-refractivity contribution in [1.29, 1.82) is 0 Å². The monoisotopic (exact) mass is 356 g/mol. The number of piperidine rings is 1. The van der Waals surface area contributed by atoms with Crippen molar-refractivity contribution in [2.24, 2.45) is 0 Å². The van der Waals surface area contributed by atoms with E-state index >= 15 is 0 Å². The van der Waals surface area contributed by atoms with Crippen LogP contribution in [0, 0.1) is 0 Å². The zero-order valence-electron chi connectivity index (χ0n) is 12.5. The maximum atomic E-state index is 12.9. The number of halogens is 1. The number of ether oxygens (including phenoxy) is 2. The van der Waals surface area contributed by atoms with Gasteiger partial charge in [-0.15, -0.1) is 0 Å². The first-order valence-electron chi connectivity index (χ1n) is 7.45. The maximum absolute atomic E-state index is 12.9. The van der Waals surface area contributed by atoms with Crippen LogP contribution >= 0.6 is 15.9 Å². The Bertz CT molecular complexity index is 535. The van der Waals surface area contributed by atoms with E-state index in [1.165, 1.54) is 0 Å². The number of rotatable bonds is 2. The first-order chi connectivity index (χ1) is 10.0. The van der Waals surface area contributed by atoms with Crippen molar-refractivity contribution < 1.29 is 14.3 Å². The van der Waals surface area contributed by atoms with Crippen molar-refractivity contribution in [2.45, 2.75) is 38.5 Å². The Hall–Kier alpha value is -0.850. The van der Waals surface area contributed by atoms with E-state index in [-0.39, 0.29) is 11.9 Å². The number of amides is 1. The van der Waals surface area contributed by atoms with Gasteiger partial charge in [0.05, 0.1) is 19.8 Å². The third-order valence-corrected chi connectivity index (χ3v) is 4.54. The fraction of sp³-hybridized carbons (Fsp3) is 0.667. The van der Waals surface area contributed by atoms with E-state index < -0.39 is 5.79 Å². The number of aromatic nitrogens is 1. The van der Waals surface area contributed by atoms with E-state index in [2.05, 4.69) is 29.8 Å². The van der Waals surface area contributed by atoms with Crippen LogP contribution in [0.1, 0.15) is 43.2 Å². The summed E-state index contributed by atoms with van der Waals surface area (Å²) in [5, 5.41) is 0. The molecule has 1 amide bonds. The number of hydrogen-bond acceptors (Lipinski definition) is 3. The summed E-state index contributed by atoms with van der Waals surface area (Å²) in [6.07, 6.45) is 3.74. The molecule has 0 bridgehead atoms. The lowest BCUT2D eigenvalue weighted by Crippen LogP contribution is -2.51. The summed E-state index contributed by atoms with van der Waals surface area (Å²) in [6.45, 7) is 6.67. The molecule has 1 aromatic rings. The van der Waals surface area contributed by atoms with Crippen molar-refractivity contribution in [3.05, 3.63) is 22.4 Å². The van der Waals surface area contributed by atoms with Gasteiger partial charge >= 0.3 is 0 Å². The quantitative estimate of drug-likeness (QED) is 0.818. The topological polar surface area (TPSA) is 43.7 Å². The van der Waals surface area contributed by atoms with Gasteiger partial charge in [0.25, 0.3) is 5.91 Å². The van der Waals surface area contributed by atoms with Gasteiger partial charge in [-0.05, 0) is 42.3 Å². The van der Waals surface area contributed by atoms with Crippen molar-refractivity contribution in [3.63, 3.8) is 0 Å². The molecule has 0 N–H and O–H groups in total. The van der Waals surface area contributed by atoms with Gasteiger partial charge in [0.1, 0.15) is 5.69 Å². The second-order valence-corrected chi connectivity index (χ2v) is 6.90. The fourth-order valence-electron chi connectivity index (χ4n) is 3.10. The second-order valence-electron chi connectivity index (χ2n) is 5.98. The van der Waals surface area contributed by atoms with E-state index in [9.17, 15) is 4.79 Å². The minimum atomic E-state index is -0.569. The Balaban J connectivity index is 1.81. The number of carbonyl (C=O) groups is 1. The zero-order chi connectivity index (χ0) is 15.0. The van der Waals surface area contributed by atoms with Crippen LogP contribution in [0.5, 0.6) is 0 Å². The van der Waals surface area contributed by atoms with E-state index in [4.69, 9.17) is 9.47 Å². The summed E-state index contributed by atoms with van der Waals surface area (Å²) in [5.74, 6) is -0.520. The normalized spacial score (nSPS) is 21.4. The highest BCUT2D eigenvalue weighted by Gasteiger charge is 2.42. The number of likely N-dealkylation sites (tertiary alicyclic amines) is 1. The van der Waals surface area contributed by atoms with Crippen LogP contribution in [0.15, 0.2) is 16.7 Å². The summed E-state index contributed by atoms with van der Waals surface area (Å²) >= 11 is 3.46. The molecule has 5 nitrogen and oxygen atoms in total. The van der Waals surface area contributed by atoms with Crippen LogP contribution in [-0.4, -0.2) is 47.5 Å². The van der Waals surface area contributed by atoms with Gasteiger partial charge < -0.3 is 18.9 Å². The first-order valence-corrected chi connectivity index (χ1v) is 8.25. The highest BCUT2D eigenvalue weighted by molar-refractivity contribution is 9.10. The Morgan fingerprint density at radius 1 is 1.38 bits per heavy atom. The molecule has 2 saturated heterocycles. The molecule has 2 fully saturated rings. The van der Waals surface area contributed by atoms with Crippen molar-refractivity contribution in [1.82, 2.24) is 9.47 Å². The molecule has 0 unspecified atom stereocenters. The van der Waals surface area contributed by atoms with Gasteiger partial charge in [0.2, 0.25) is 0 Å². The van der Waals surface area contributed by atoms with Gasteiger partial charge in [-0.25, -0.2) is 0 Å². The largest absolute Gasteiger partial charge is 0.346 e. The highest BCUT2D eigenvalue weighted by atomic mass is 79.9. The van der Waals surface area contributed by atoms with Crippen LogP contribution in [0.2, 0.25) is 0 Å². The van der Waals surface area contributed by atoms with Gasteiger partial charge in [0.15, 0.2) is 5.79 Å². The molecular weight excluding hydrogens is 336 g/mol. The number of carbonyl (C=O) groups excluding carboxylic acids is 1. The summed E-state index contributed by atoms with van der Waals surface area (Å²) in [7, 11) is 0. The standard InChI is InChI=1S/C15H21BrN2O3/c1-11(2)18-9-12(16)8-13(18)14(19)17-5-3-4-15(10-17)20-6-7-21-15/h8-9,11H,3-7,10H2,1-2H3. The van der Waals surface area contributed by atoms with E-state index in [0.717, 1.165) is 23.9 Å². The van der Waals surface area contributed by atoms with Crippen LogP contribution < -0.4 is 0 Å². The summed E-state index contributed by atoms with van der Waals surface area (Å²) in [6, 6.07) is 2.13. The van der Waals surface area contributed by atoms with Crippen molar-refractivity contribution in [3.8, 4) is 0 Å². The molecule has 0 aromatic carbocycles. The van der Waals surface area contributed by atoms with Gasteiger partial charge in [-0.2, -0.15) is 0 Å². The molecule has 0 aliphatic carbocycles. The molecule has 3 rings (SSSR count). The van der Waals surface area contributed by atoms with E-state index in [0.29, 0.717) is 25.5 Å². The SMILES string of the molecule is CC(C)n1cc(Br)cc1C(=O)N1CCCC2(C1)OCCO2. The molecule has 0 atom stereocenters. The maximum Gasteiger partial charge on any atom is 0.270 e. The van der Waals surface area contributed by atoms with E-state index in [1.54, 1.807) is 0 Å². The highest BCUT2D eigenvalue weighted by Crippen LogP contribution is 2.31. The molecule has 1 spiro atoms. The van der Waals surface area contributed by atoms with Crippen molar-refractivity contribution >= 4 is 21.8 Å². The zero-order valence-corrected chi connectivity index (χ0v) is 14.1. The Morgan fingerprint density at radius 2 is 2.10 bits per heavy atom. The Morgan fingerprint density at radius 3 is 2.76 bits per heavy atom. The van der Waals surface area contributed by atoms with Crippen molar-refractivity contribution in [2.75, 3.05) is 26.3 Å². The predicted octanol–water partition coefficient (Wildman–Crippen LogP) is 2.81. The Kier molecular flexibility index (Phi) is 4.12. The molecule has 3 heterocycles. The fourth-order valence-corrected chi connectivity index (χ4v) is 3.54. The molecular formula is C15H21BrN2O3. The average molecular weight is 357 g/mol. The van der Waals surface area contributed by atoms with Gasteiger partial charge in [0, 0.05) is 29.7 Å². The molecule has 0 saturated carbocycles. The minimum absolute atomic E-state index is 0.0487. The summed E-state index contributed by atoms with van der Waals surface area (Å²) < 4.78 is 14.4. The molecule has 116 valence electrons. The molecule has 21 heavy (non-hydrogen) atoms. The van der Waals surface area contributed by atoms with Crippen LogP contribution in [0.25, 0.3) is 0 Å². The second kappa shape index (κ2) is 5.74. The number of hydrogen-bond donors (Lipinski definition) is 0. The molecule has 0 radical (unpaired) electrons. The molecule has 1 aromatic heterocycles. The van der Waals surface area contributed by atoms with Gasteiger partial charge in [-0.1, -0.05) is 0 Å². The summed E-state index contributed by atoms with van der Waals surface area (Å²) in [5.41, 5.74) is 0.715. The lowest BCUT2D eigenvalue weighted by atomic mass is 10.0. The third kappa shape index (κ3) is 2.89. The smallest absolute Gasteiger partial charge is 0.270 e. The minimum Gasteiger partial charge on any atom is -0.346 e. The third-order valence-electron chi connectivity index (χ3n) is 4.11. The number of nitrogens with zero attached hydrogens (tertiary/aromatic N) is 2. The lowest BCUT2D eigenvalue weighted by Gasteiger charge is -2.38. The van der Waals surface area contributed by atoms with Crippen LogP contribution in [-0.2, 0) is 9.47 Å². The molecule has 2 aliphatic heterocycles. The predicted molar refractivity (Wildman–Crippen MR) is 82.3 cm³/mol. The first kappa shape index (κ1) is 15.1. The average Bonchev–Trinajstić information content (AvgIpc) is 3.05. The van der Waals surface area contributed by atoms with Crippen LogP contribution in [0.3, 0.4) is 0 Å². The molecule has 6 heteroatoms. The molecule has 2 aliphatic rings. The van der Waals surface area contributed by atoms with E-state index in [1.807, 2.05) is 21.7 Å². The van der Waals surface area contributed by atoms with Gasteiger partial charge in [-0.3, -0.25) is 4.79 Å². The Labute approximate surface area is 133 Å². The summed E-state index contributed by atoms with van der Waals surface area (Å²) in [4.78, 5) is 14.7. The van der Waals surface area contributed by atoms with Crippen LogP contribution in [0.4, 0.5) is 0 Å².